The molecule has 3 nitrogen and oxygen atoms in total. The first-order chi connectivity index (χ1) is 9.31. The van der Waals surface area contributed by atoms with Gasteiger partial charge in [-0.05, 0) is 37.1 Å². The van der Waals surface area contributed by atoms with Crippen molar-refractivity contribution in [2.75, 3.05) is 26.3 Å². The smallest absolute Gasteiger partial charge is 0.0546 e. The van der Waals surface area contributed by atoms with Crippen LogP contribution < -0.4 is 5.73 Å². The van der Waals surface area contributed by atoms with Gasteiger partial charge < -0.3 is 10.5 Å². The number of rotatable bonds is 6. The van der Waals surface area contributed by atoms with Crippen molar-refractivity contribution >= 4 is 11.3 Å². The molecule has 0 aromatic carbocycles. The van der Waals surface area contributed by atoms with Gasteiger partial charge in [-0.3, -0.25) is 4.90 Å². The molecule has 4 heteroatoms. The van der Waals surface area contributed by atoms with Gasteiger partial charge in [0.2, 0.25) is 0 Å². The Morgan fingerprint density at radius 2 is 2.37 bits per heavy atom. The standard InChI is InChI=1S/C15H24N2OS/c16-10-15(6-2-7-18-12-15)11-17(13-4-5-13)9-14-3-1-8-19-14/h1,3,8,13H,2,4-7,9-12,16H2. The Hall–Kier alpha value is -0.420. The minimum absolute atomic E-state index is 0.193. The van der Waals surface area contributed by atoms with E-state index >= 15 is 0 Å². The van der Waals surface area contributed by atoms with E-state index in [0.29, 0.717) is 0 Å². The number of hydrogen-bond donors (Lipinski definition) is 1. The van der Waals surface area contributed by atoms with Crippen molar-refractivity contribution in [3.63, 3.8) is 0 Å². The summed E-state index contributed by atoms with van der Waals surface area (Å²) in [5.74, 6) is 0. The maximum absolute atomic E-state index is 6.08. The van der Waals surface area contributed by atoms with Gasteiger partial charge in [0.15, 0.2) is 0 Å². The molecule has 0 radical (unpaired) electrons. The lowest BCUT2D eigenvalue weighted by molar-refractivity contribution is -0.0244. The molecule has 3 rings (SSSR count). The fraction of sp³-hybridized carbons (Fsp3) is 0.733. The van der Waals surface area contributed by atoms with E-state index in [9.17, 15) is 0 Å². The predicted octanol–water partition coefficient (Wildman–Crippen LogP) is 2.47. The molecule has 2 fully saturated rings. The number of hydrogen-bond acceptors (Lipinski definition) is 4. The first-order valence-corrected chi connectivity index (χ1v) is 8.24. The number of thiophene rings is 1. The zero-order valence-corrected chi connectivity index (χ0v) is 12.3. The molecule has 2 N–H and O–H groups in total. The molecule has 2 heterocycles. The molecular weight excluding hydrogens is 256 g/mol. The second-order valence-corrected chi connectivity index (χ2v) is 7.11. The highest BCUT2D eigenvalue weighted by Crippen LogP contribution is 2.35. The molecule has 1 aromatic heterocycles. The first-order valence-electron chi connectivity index (χ1n) is 7.36. The van der Waals surface area contributed by atoms with Crippen LogP contribution in [0.25, 0.3) is 0 Å². The maximum atomic E-state index is 6.08. The monoisotopic (exact) mass is 280 g/mol. The highest BCUT2D eigenvalue weighted by atomic mass is 32.1. The number of nitrogens with zero attached hydrogens (tertiary/aromatic N) is 1. The molecule has 106 valence electrons. The Labute approximate surface area is 119 Å². The van der Waals surface area contributed by atoms with Crippen LogP contribution in [-0.4, -0.2) is 37.2 Å². The van der Waals surface area contributed by atoms with E-state index < -0.39 is 0 Å². The number of ether oxygens (including phenoxy) is 1. The minimum atomic E-state index is 0.193. The van der Waals surface area contributed by atoms with Crippen LogP contribution in [0.2, 0.25) is 0 Å². The van der Waals surface area contributed by atoms with E-state index in [1.807, 2.05) is 11.3 Å². The van der Waals surface area contributed by atoms with Gasteiger partial charge in [0.1, 0.15) is 0 Å². The van der Waals surface area contributed by atoms with Crippen LogP contribution in [0.4, 0.5) is 0 Å². The summed E-state index contributed by atoms with van der Waals surface area (Å²) in [5, 5.41) is 2.17. The van der Waals surface area contributed by atoms with Crippen LogP contribution in [0.15, 0.2) is 17.5 Å². The summed E-state index contributed by atoms with van der Waals surface area (Å²) >= 11 is 1.86. The fourth-order valence-corrected chi connectivity index (χ4v) is 3.78. The molecule has 1 aliphatic heterocycles. The van der Waals surface area contributed by atoms with Gasteiger partial charge in [0.05, 0.1) is 6.61 Å². The highest BCUT2D eigenvalue weighted by molar-refractivity contribution is 7.09. The lowest BCUT2D eigenvalue weighted by Crippen LogP contribution is -2.48. The van der Waals surface area contributed by atoms with E-state index in [4.69, 9.17) is 10.5 Å². The van der Waals surface area contributed by atoms with Gasteiger partial charge in [-0.2, -0.15) is 0 Å². The summed E-state index contributed by atoms with van der Waals surface area (Å²) in [5.41, 5.74) is 6.27. The Balaban J connectivity index is 1.66. The highest BCUT2D eigenvalue weighted by Gasteiger charge is 2.38. The van der Waals surface area contributed by atoms with Crippen LogP contribution in [0, 0.1) is 5.41 Å². The Kier molecular flexibility index (Phi) is 4.22. The van der Waals surface area contributed by atoms with Gasteiger partial charge >= 0.3 is 0 Å². The zero-order valence-electron chi connectivity index (χ0n) is 11.5. The van der Waals surface area contributed by atoms with E-state index in [0.717, 1.165) is 45.3 Å². The topological polar surface area (TPSA) is 38.5 Å². The average Bonchev–Trinajstić information content (AvgIpc) is 3.18. The quantitative estimate of drug-likeness (QED) is 0.870. The van der Waals surface area contributed by atoms with Crippen LogP contribution in [0.5, 0.6) is 0 Å². The lowest BCUT2D eigenvalue weighted by Gasteiger charge is -2.40. The molecule has 2 aliphatic rings. The van der Waals surface area contributed by atoms with Crippen molar-refractivity contribution in [1.29, 1.82) is 0 Å². The van der Waals surface area contributed by atoms with E-state index in [-0.39, 0.29) is 5.41 Å². The molecule has 1 aromatic rings. The van der Waals surface area contributed by atoms with Crippen molar-refractivity contribution in [1.82, 2.24) is 4.90 Å². The third-order valence-corrected chi connectivity index (χ3v) is 5.24. The zero-order chi connectivity index (χ0) is 13.1. The molecule has 1 unspecified atom stereocenters. The molecule has 1 atom stereocenters. The average molecular weight is 280 g/mol. The largest absolute Gasteiger partial charge is 0.381 e. The Bertz CT molecular complexity index is 383. The molecule has 1 saturated carbocycles. The minimum Gasteiger partial charge on any atom is -0.381 e. The normalized spacial score (nSPS) is 27.9. The van der Waals surface area contributed by atoms with Crippen LogP contribution in [-0.2, 0) is 11.3 Å². The molecule has 0 amide bonds. The van der Waals surface area contributed by atoms with Crippen LogP contribution in [0.1, 0.15) is 30.6 Å². The lowest BCUT2D eigenvalue weighted by atomic mass is 9.82. The summed E-state index contributed by atoms with van der Waals surface area (Å²) in [6.45, 7) is 4.70. The second-order valence-electron chi connectivity index (χ2n) is 6.08. The van der Waals surface area contributed by atoms with Gasteiger partial charge in [-0.15, -0.1) is 11.3 Å². The fourth-order valence-electron chi connectivity index (χ4n) is 3.05. The number of nitrogens with two attached hydrogens (primary N) is 1. The molecule has 1 saturated heterocycles. The Morgan fingerprint density at radius 1 is 1.47 bits per heavy atom. The third-order valence-electron chi connectivity index (χ3n) is 4.38. The van der Waals surface area contributed by atoms with Crippen molar-refractivity contribution in [3.05, 3.63) is 22.4 Å². The third kappa shape index (κ3) is 3.37. The van der Waals surface area contributed by atoms with Crippen molar-refractivity contribution in [3.8, 4) is 0 Å². The van der Waals surface area contributed by atoms with Crippen molar-refractivity contribution in [2.45, 2.75) is 38.3 Å². The summed E-state index contributed by atoms with van der Waals surface area (Å²) in [7, 11) is 0. The van der Waals surface area contributed by atoms with Crippen molar-refractivity contribution in [2.24, 2.45) is 11.1 Å². The van der Waals surface area contributed by atoms with Gasteiger partial charge in [0, 0.05) is 42.6 Å². The van der Waals surface area contributed by atoms with E-state index in [2.05, 4.69) is 22.4 Å². The van der Waals surface area contributed by atoms with Crippen LogP contribution in [0.3, 0.4) is 0 Å². The van der Waals surface area contributed by atoms with Crippen LogP contribution >= 0.6 is 11.3 Å². The van der Waals surface area contributed by atoms with E-state index in [1.54, 1.807) is 0 Å². The predicted molar refractivity (Wildman–Crippen MR) is 79.3 cm³/mol. The van der Waals surface area contributed by atoms with E-state index in [1.165, 1.54) is 24.1 Å². The van der Waals surface area contributed by atoms with Gasteiger partial charge in [0.25, 0.3) is 0 Å². The molecule has 19 heavy (non-hydrogen) atoms. The van der Waals surface area contributed by atoms with Crippen molar-refractivity contribution < 1.29 is 4.74 Å². The molecule has 0 spiro atoms. The van der Waals surface area contributed by atoms with Gasteiger partial charge in [-0.25, -0.2) is 0 Å². The molecule has 1 aliphatic carbocycles. The second kappa shape index (κ2) is 5.92. The summed E-state index contributed by atoms with van der Waals surface area (Å²) in [6, 6.07) is 5.17. The maximum Gasteiger partial charge on any atom is 0.0546 e. The summed E-state index contributed by atoms with van der Waals surface area (Å²) < 4.78 is 5.71. The molecule has 0 bridgehead atoms. The molecular formula is C15H24N2OS. The SMILES string of the molecule is NCC1(CN(Cc2cccs2)C2CC2)CCCOC1. The summed E-state index contributed by atoms with van der Waals surface area (Å²) in [4.78, 5) is 4.11. The Morgan fingerprint density at radius 3 is 2.95 bits per heavy atom. The summed E-state index contributed by atoms with van der Waals surface area (Å²) in [6.07, 6.45) is 5.09. The van der Waals surface area contributed by atoms with Gasteiger partial charge in [-0.1, -0.05) is 6.07 Å². The first kappa shape index (κ1) is 13.6.